The zero-order chi connectivity index (χ0) is 18.1. The van der Waals surface area contributed by atoms with E-state index in [4.69, 9.17) is 4.74 Å². The zero-order valence-corrected chi connectivity index (χ0v) is 14.3. The van der Waals surface area contributed by atoms with E-state index < -0.39 is 11.6 Å². The molecule has 0 spiro atoms. The molecule has 2 aromatic heterocycles. The van der Waals surface area contributed by atoms with E-state index in [-0.39, 0.29) is 12.0 Å². The van der Waals surface area contributed by atoms with E-state index in [2.05, 4.69) is 20.4 Å². The Morgan fingerprint density at radius 3 is 2.96 bits per heavy atom. The van der Waals surface area contributed by atoms with Crippen molar-refractivity contribution in [3.05, 3.63) is 48.1 Å². The predicted octanol–water partition coefficient (Wildman–Crippen LogP) is 3.31. The van der Waals surface area contributed by atoms with Gasteiger partial charge in [0.25, 0.3) is 0 Å². The van der Waals surface area contributed by atoms with Crippen molar-refractivity contribution in [2.24, 2.45) is 5.92 Å². The maximum atomic E-state index is 13.6. The summed E-state index contributed by atoms with van der Waals surface area (Å²) in [6.07, 6.45) is 3.97. The fourth-order valence-corrected chi connectivity index (χ4v) is 3.44. The molecule has 8 heteroatoms. The van der Waals surface area contributed by atoms with Crippen LogP contribution in [-0.2, 0) is 11.3 Å². The van der Waals surface area contributed by atoms with Gasteiger partial charge in [0.2, 0.25) is 0 Å². The van der Waals surface area contributed by atoms with E-state index in [1.54, 1.807) is 6.20 Å². The van der Waals surface area contributed by atoms with Crippen LogP contribution in [0.25, 0.3) is 10.9 Å². The molecule has 6 nitrogen and oxygen atoms in total. The van der Waals surface area contributed by atoms with Gasteiger partial charge in [-0.2, -0.15) is 5.10 Å². The van der Waals surface area contributed by atoms with Crippen molar-refractivity contribution in [1.82, 2.24) is 19.7 Å². The Labute approximate surface area is 149 Å². The molecule has 0 radical (unpaired) electrons. The first-order valence-electron chi connectivity index (χ1n) is 8.64. The van der Waals surface area contributed by atoms with Gasteiger partial charge in [0.15, 0.2) is 11.6 Å². The smallest absolute Gasteiger partial charge is 0.161 e. The molecule has 4 rings (SSSR count). The zero-order valence-electron chi connectivity index (χ0n) is 14.3. The number of halogens is 2. The maximum Gasteiger partial charge on any atom is 0.161 e. The largest absolute Gasteiger partial charge is 0.372 e. The number of hydrogen-bond donors (Lipinski definition) is 1. The van der Waals surface area contributed by atoms with Crippen molar-refractivity contribution >= 4 is 16.7 Å². The number of anilines is 1. The summed E-state index contributed by atoms with van der Waals surface area (Å²) in [5.74, 6) is -1.11. The molecule has 1 saturated heterocycles. The lowest BCUT2D eigenvalue weighted by atomic mass is 9.99. The minimum absolute atomic E-state index is 0.0489. The topological polar surface area (TPSA) is 64.9 Å². The number of fused-ring (bicyclic) bond motifs is 1. The minimum Gasteiger partial charge on any atom is -0.372 e. The Morgan fingerprint density at radius 2 is 2.12 bits per heavy atom. The molecule has 1 aliphatic rings. The van der Waals surface area contributed by atoms with E-state index in [1.165, 1.54) is 6.33 Å². The second-order valence-corrected chi connectivity index (χ2v) is 6.30. The van der Waals surface area contributed by atoms with Crippen molar-refractivity contribution in [3.8, 4) is 0 Å². The molecule has 1 aromatic carbocycles. The number of ether oxygens (including phenoxy) is 1. The number of hydrogen-bond acceptors (Lipinski definition) is 5. The van der Waals surface area contributed by atoms with Gasteiger partial charge in [0.05, 0.1) is 11.2 Å². The highest BCUT2D eigenvalue weighted by Gasteiger charge is 2.31. The van der Waals surface area contributed by atoms with Gasteiger partial charge in [-0.3, -0.25) is 4.68 Å². The molecule has 0 unspecified atom stereocenters. The molecule has 1 aliphatic heterocycles. The first kappa shape index (κ1) is 16.8. The Kier molecular flexibility index (Phi) is 4.50. The van der Waals surface area contributed by atoms with Crippen LogP contribution in [0.1, 0.15) is 25.1 Å². The highest BCUT2D eigenvalue weighted by Crippen LogP contribution is 2.35. The molecule has 3 aromatic rings. The summed E-state index contributed by atoms with van der Waals surface area (Å²) in [5, 5.41) is 8.02. The summed E-state index contributed by atoms with van der Waals surface area (Å²) in [6, 6.07) is 4.19. The highest BCUT2D eigenvalue weighted by atomic mass is 19.2. The minimum atomic E-state index is -0.917. The molecule has 0 amide bonds. The average molecular weight is 359 g/mol. The van der Waals surface area contributed by atoms with Crippen LogP contribution < -0.4 is 5.32 Å². The monoisotopic (exact) mass is 359 g/mol. The third kappa shape index (κ3) is 3.01. The standard InChI is InChI=1S/C18H19F2N5O/c1-2-25-16(3-5-24-25)17-11(4-6-26-17)9-21-18-12-7-13(19)14(20)8-15(12)22-10-23-18/h3,5,7-8,10-11,17H,2,4,6,9H2,1H3,(H,21,22,23)/t11-,17+/m0/s1. The van der Waals surface area contributed by atoms with Crippen LogP contribution in [0.5, 0.6) is 0 Å². The maximum absolute atomic E-state index is 13.6. The Balaban J connectivity index is 1.55. The van der Waals surface area contributed by atoms with Crippen LogP contribution in [0, 0.1) is 17.6 Å². The molecule has 0 saturated carbocycles. The van der Waals surface area contributed by atoms with Gasteiger partial charge in [-0.1, -0.05) is 0 Å². The van der Waals surface area contributed by atoms with Gasteiger partial charge in [-0.25, -0.2) is 18.7 Å². The SMILES string of the molecule is CCn1nccc1[C@@H]1OCC[C@H]1CNc1ncnc2cc(F)c(F)cc12. The third-order valence-corrected chi connectivity index (χ3v) is 4.76. The first-order chi connectivity index (χ1) is 12.7. The number of nitrogens with zero attached hydrogens (tertiary/aromatic N) is 4. The molecular weight excluding hydrogens is 340 g/mol. The molecule has 3 heterocycles. The van der Waals surface area contributed by atoms with Crippen LogP contribution in [0.15, 0.2) is 30.7 Å². The lowest BCUT2D eigenvalue weighted by Gasteiger charge is -2.20. The molecule has 0 bridgehead atoms. The van der Waals surface area contributed by atoms with Crippen LogP contribution in [0.4, 0.5) is 14.6 Å². The van der Waals surface area contributed by atoms with Gasteiger partial charge < -0.3 is 10.1 Å². The van der Waals surface area contributed by atoms with Crippen LogP contribution in [0.3, 0.4) is 0 Å². The van der Waals surface area contributed by atoms with E-state index in [1.807, 2.05) is 17.7 Å². The number of aromatic nitrogens is 4. The third-order valence-electron chi connectivity index (χ3n) is 4.76. The van der Waals surface area contributed by atoms with E-state index in [0.29, 0.717) is 29.9 Å². The average Bonchev–Trinajstić information content (AvgIpc) is 3.29. The second kappa shape index (κ2) is 6.95. The number of aryl methyl sites for hydroxylation is 1. The fraction of sp³-hybridized carbons (Fsp3) is 0.389. The van der Waals surface area contributed by atoms with E-state index in [9.17, 15) is 8.78 Å². The Bertz CT molecular complexity index is 929. The highest BCUT2D eigenvalue weighted by molar-refractivity contribution is 5.88. The lowest BCUT2D eigenvalue weighted by Crippen LogP contribution is -2.21. The normalized spacial score (nSPS) is 20.0. The van der Waals surface area contributed by atoms with Crippen molar-refractivity contribution in [1.29, 1.82) is 0 Å². The molecule has 2 atom stereocenters. The van der Waals surface area contributed by atoms with Crippen LogP contribution >= 0.6 is 0 Å². The fourth-order valence-electron chi connectivity index (χ4n) is 3.44. The van der Waals surface area contributed by atoms with Gasteiger partial charge >= 0.3 is 0 Å². The van der Waals surface area contributed by atoms with Crippen LogP contribution in [0.2, 0.25) is 0 Å². The van der Waals surface area contributed by atoms with Gasteiger partial charge in [0, 0.05) is 43.3 Å². The molecule has 1 fully saturated rings. The van der Waals surface area contributed by atoms with Crippen molar-refractivity contribution in [3.63, 3.8) is 0 Å². The van der Waals surface area contributed by atoms with Crippen molar-refractivity contribution < 1.29 is 13.5 Å². The van der Waals surface area contributed by atoms with E-state index in [0.717, 1.165) is 30.8 Å². The Morgan fingerprint density at radius 1 is 1.27 bits per heavy atom. The summed E-state index contributed by atoms with van der Waals surface area (Å²) in [6.45, 7) is 4.10. The number of benzene rings is 1. The molecule has 136 valence electrons. The number of rotatable bonds is 5. The summed E-state index contributed by atoms with van der Waals surface area (Å²) >= 11 is 0. The Hall–Kier alpha value is -2.61. The number of nitrogens with one attached hydrogen (secondary N) is 1. The van der Waals surface area contributed by atoms with Crippen LogP contribution in [-0.4, -0.2) is 32.9 Å². The summed E-state index contributed by atoms with van der Waals surface area (Å²) in [4.78, 5) is 8.20. The van der Waals surface area contributed by atoms with Gasteiger partial charge in [-0.15, -0.1) is 0 Å². The lowest BCUT2D eigenvalue weighted by molar-refractivity contribution is 0.0858. The summed E-state index contributed by atoms with van der Waals surface area (Å²) in [7, 11) is 0. The molecular formula is C18H19F2N5O. The second-order valence-electron chi connectivity index (χ2n) is 6.30. The summed E-state index contributed by atoms with van der Waals surface area (Å²) in [5.41, 5.74) is 1.42. The summed E-state index contributed by atoms with van der Waals surface area (Å²) < 4.78 is 34.9. The van der Waals surface area contributed by atoms with Crippen molar-refractivity contribution in [2.75, 3.05) is 18.5 Å². The van der Waals surface area contributed by atoms with Gasteiger partial charge in [-0.05, 0) is 25.5 Å². The van der Waals surface area contributed by atoms with Gasteiger partial charge in [0.1, 0.15) is 18.2 Å². The first-order valence-corrected chi connectivity index (χ1v) is 8.64. The quantitative estimate of drug-likeness (QED) is 0.757. The van der Waals surface area contributed by atoms with E-state index >= 15 is 0 Å². The molecule has 1 N–H and O–H groups in total. The van der Waals surface area contributed by atoms with Crippen molar-refractivity contribution in [2.45, 2.75) is 26.0 Å². The predicted molar refractivity (Wildman–Crippen MR) is 92.6 cm³/mol. The molecule has 26 heavy (non-hydrogen) atoms. The molecule has 0 aliphatic carbocycles.